The fourth-order valence-electron chi connectivity index (χ4n) is 1.41. The summed E-state index contributed by atoms with van der Waals surface area (Å²) in [7, 11) is 0. The fraction of sp³-hybridized carbons (Fsp3) is 0.300. The first-order valence-corrected chi connectivity index (χ1v) is 4.68. The van der Waals surface area contributed by atoms with Crippen LogP contribution in [0.1, 0.15) is 12.7 Å². The molecule has 0 saturated carbocycles. The van der Waals surface area contributed by atoms with Crippen LogP contribution in [0.4, 0.5) is 0 Å². The fourth-order valence-corrected chi connectivity index (χ4v) is 1.41. The Balaban J connectivity index is 2.18. The normalized spacial score (nSPS) is 13.0. The maximum Gasteiger partial charge on any atom is 0.108 e. The number of aromatic amines is 2. The molecule has 2 rings (SSSR count). The predicted octanol–water partition coefficient (Wildman–Crippen LogP) is 1.29. The van der Waals surface area contributed by atoms with Gasteiger partial charge in [0.15, 0.2) is 0 Å². The number of imidazole rings is 1. The van der Waals surface area contributed by atoms with Crippen LogP contribution in [0.15, 0.2) is 24.7 Å². The van der Waals surface area contributed by atoms with Crippen LogP contribution in [-0.2, 0) is 6.42 Å². The largest absolute Gasteiger partial charge is 0.367 e. The summed E-state index contributed by atoms with van der Waals surface area (Å²) >= 11 is 0. The highest BCUT2D eigenvalue weighted by Gasteiger charge is 2.04. The maximum atomic E-state index is 5.69. The monoisotopic (exact) mass is 190 g/mol. The Morgan fingerprint density at radius 1 is 1.57 bits per heavy atom. The highest BCUT2D eigenvalue weighted by atomic mass is 14.9. The van der Waals surface area contributed by atoms with Crippen molar-refractivity contribution in [1.29, 1.82) is 0 Å². The molecule has 4 N–H and O–H groups in total. The van der Waals surface area contributed by atoms with Gasteiger partial charge in [-0.2, -0.15) is 0 Å². The molecule has 4 nitrogen and oxygen atoms in total. The molecule has 0 saturated heterocycles. The van der Waals surface area contributed by atoms with E-state index < -0.39 is 0 Å². The van der Waals surface area contributed by atoms with Gasteiger partial charge in [0.05, 0.1) is 11.9 Å². The van der Waals surface area contributed by atoms with Gasteiger partial charge >= 0.3 is 0 Å². The van der Waals surface area contributed by atoms with E-state index >= 15 is 0 Å². The molecule has 0 bridgehead atoms. The van der Waals surface area contributed by atoms with E-state index in [0.29, 0.717) is 0 Å². The summed E-state index contributed by atoms with van der Waals surface area (Å²) in [6.45, 7) is 1.97. The van der Waals surface area contributed by atoms with Gasteiger partial charge in [-0.25, -0.2) is 4.98 Å². The Morgan fingerprint density at radius 3 is 3.07 bits per heavy atom. The van der Waals surface area contributed by atoms with Crippen LogP contribution in [0.25, 0.3) is 11.3 Å². The second-order valence-corrected chi connectivity index (χ2v) is 3.52. The van der Waals surface area contributed by atoms with Crippen molar-refractivity contribution in [2.24, 2.45) is 5.73 Å². The SMILES string of the molecule is CC(N)Cc1ncc(-c2cc[nH]c2)[nH]1. The van der Waals surface area contributed by atoms with Gasteiger partial charge in [0.1, 0.15) is 5.82 Å². The molecule has 0 radical (unpaired) electrons. The van der Waals surface area contributed by atoms with Crippen molar-refractivity contribution in [3.63, 3.8) is 0 Å². The van der Waals surface area contributed by atoms with Crippen LogP contribution < -0.4 is 5.73 Å². The van der Waals surface area contributed by atoms with Crippen LogP contribution in [0.5, 0.6) is 0 Å². The first-order chi connectivity index (χ1) is 6.75. The first-order valence-electron chi connectivity index (χ1n) is 4.68. The van der Waals surface area contributed by atoms with Gasteiger partial charge in [-0.05, 0) is 13.0 Å². The number of H-pyrrole nitrogens is 2. The Bertz CT molecular complexity index is 386. The van der Waals surface area contributed by atoms with Crippen molar-refractivity contribution in [2.75, 3.05) is 0 Å². The third-order valence-electron chi connectivity index (χ3n) is 2.05. The molecule has 0 fully saturated rings. The number of nitrogens with zero attached hydrogens (tertiary/aromatic N) is 1. The molecule has 0 aliphatic carbocycles. The summed E-state index contributed by atoms with van der Waals surface area (Å²) in [5.74, 6) is 0.941. The number of nitrogens with two attached hydrogens (primary N) is 1. The molecular formula is C10H14N4. The van der Waals surface area contributed by atoms with E-state index in [1.165, 1.54) is 0 Å². The summed E-state index contributed by atoms with van der Waals surface area (Å²) in [5.41, 5.74) is 7.83. The number of nitrogens with one attached hydrogen (secondary N) is 2. The van der Waals surface area contributed by atoms with E-state index in [1.54, 1.807) is 0 Å². The van der Waals surface area contributed by atoms with Gasteiger partial charge in [0.2, 0.25) is 0 Å². The third kappa shape index (κ3) is 1.85. The summed E-state index contributed by atoms with van der Waals surface area (Å²) in [5, 5.41) is 0. The summed E-state index contributed by atoms with van der Waals surface area (Å²) < 4.78 is 0. The third-order valence-corrected chi connectivity index (χ3v) is 2.05. The zero-order valence-electron chi connectivity index (χ0n) is 8.12. The minimum absolute atomic E-state index is 0.139. The van der Waals surface area contributed by atoms with Crippen molar-refractivity contribution in [2.45, 2.75) is 19.4 Å². The summed E-state index contributed by atoms with van der Waals surface area (Å²) in [6.07, 6.45) is 6.44. The number of hydrogen-bond donors (Lipinski definition) is 3. The van der Waals surface area contributed by atoms with Gasteiger partial charge < -0.3 is 15.7 Å². The lowest BCUT2D eigenvalue weighted by molar-refractivity contribution is 0.710. The van der Waals surface area contributed by atoms with Crippen LogP contribution in [0, 0.1) is 0 Å². The standard InChI is InChI=1S/C10H14N4/c1-7(11)4-10-13-6-9(14-10)8-2-3-12-5-8/h2-3,5-7,12H,4,11H2,1H3,(H,13,14). The van der Waals surface area contributed by atoms with Crippen LogP contribution in [0.2, 0.25) is 0 Å². The minimum Gasteiger partial charge on any atom is -0.367 e. The topological polar surface area (TPSA) is 70.5 Å². The van der Waals surface area contributed by atoms with E-state index in [0.717, 1.165) is 23.5 Å². The van der Waals surface area contributed by atoms with Crippen molar-refractivity contribution >= 4 is 0 Å². The molecule has 4 heteroatoms. The second-order valence-electron chi connectivity index (χ2n) is 3.52. The lowest BCUT2D eigenvalue weighted by atomic mass is 10.2. The summed E-state index contributed by atoms with van der Waals surface area (Å²) in [4.78, 5) is 10.5. The highest BCUT2D eigenvalue weighted by molar-refractivity contribution is 5.57. The predicted molar refractivity (Wildman–Crippen MR) is 55.7 cm³/mol. The Hall–Kier alpha value is -1.55. The average Bonchev–Trinajstić information content (AvgIpc) is 2.69. The molecule has 2 aromatic heterocycles. The molecule has 1 atom stereocenters. The molecule has 2 heterocycles. The number of hydrogen-bond acceptors (Lipinski definition) is 2. The summed E-state index contributed by atoms with van der Waals surface area (Å²) in [6, 6.07) is 2.14. The molecule has 2 aromatic rings. The molecule has 1 unspecified atom stereocenters. The number of aromatic nitrogens is 3. The lowest BCUT2D eigenvalue weighted by Gasteiger charge is -1.99. The van der Waals surface area contributed by atoms with Gasteiger partial charge in [0.25, 0.3) is 0 Å². The molecule has 0 aliphatic rings. The number of rotatable bonds is 3. The molecular weight excluding hydrogens is 176 g/mol. The van der Waals surface area contributed by atoms with Crippen molar-refractivity contribution in [3.05, 3.63) is 30.5 Å². The first kappa shape index (κ1) is 9.02. The van der Waals surface area contributed by atoms with E-state index in [-0.39, 0.29) is 6.04 Å². The Kier molecular flexibility index (Phi) is 2.37. The van der Waals surface area contributed by atoms with Crippen LogP contribution in [-0.4, -0.2) is 21.0 Å². The van der Waals surface area contributed by atoms with E-state index in [9.17, 15) is 0 Å². The van der Waals surface area contributed by atoms with Crippen molar-refractivity contribution in [1.82, 2.24) is 15.0 Å². The second kappa shape index (κ2) is 3.67. The molecule has 0 aromatic carbocycles. The minimum atomic E-state index is 0.139. The molecule has 74 valence electrons. The lowest BCUT2D eigenvalue weighted by Crippen LogP contribution is -2.18. The highest BCUT2D eigenvalue weighted by Crippen LogP contribution is 2.15. The van der Waals surface area contributed by atoms with Gasteiger partial charge in [0, 0.05) is 30.4 Å². The average molecular weight is 190 g/mol. The molecule has 14 heavy (non-hydrogen) atoms. The molecule has 0 amide bonds. The van der Waals surface area contributed by atoms with E-state index in [1.807, 2.05) is 31.6 Å². The zero-order chi connectivity index (χ0) is 9.97. The van der Waals surface area contributed by atoms with Gasteiger partial charge in [-0.3, -0.25) is 0 Å². The quantitative estimate of drug-likeness (QED) is 0.682. The zero-order valence-corrected chi connectivity index (χ0v) is 8.12. The van der Waals surface area contributed by atoms with Crippen molar-refractivity contribution in [3.8, 4) is 11.3 Å². The molecule has 0 spiro atoms. The van der Waals surface area contributed by atoms with E-state index in [4.69, 9.17) is 5.73 Å². The van der Waals surface area contributed by atoms with Crippen LogP contribution in [0.3, 0.4) is 0 Å². The van der Waals surface area contributed by atoms with Gasteiger partial charge in [-0.15, -0.1) is 0 Å². The van der Waals surface area contributed by atoms with Gasteiger partial charge in [-0.1, -0.05) is 0 Å². The molecule has 0 aliphatic heterocycles. The Labute approximate surface area is 82.6 Å². The maximum absolute atomic E-state index is 5.69. The Morgan fingerprint density at radius 2 is 2.43 bits per heavy atom. The van der Waals surface area contributed by atoms with Crippen molar-refractivity contribution < 1.29 is 0 Å². The smallest absolute Gasteiger partial charge is 0.108 e. The van der Waals surface area contributed by atoms with E-state index in [2.05, 4.69) is 15.0 Å². The van der Waals surface area contributed by atoms with Crippen LogP contribution >= 0.6 is 0 Å².